The third-order valence-corrected chi connectivity index (χ3v) is 10.1. The highest BCUT2D eigenvalue weighted by atomic mass is 35.5. The molecule has 0 spiro atoms. The van der Waals surface area contributed by atoms with Crippen molar-refractivity contribution in [3.05, 3.63) is 76.7 Å². The van der Waals surface area contributed by atoms with E-state index in [0.717, 1.165) is 6.07 Å². The van der Waals surface area contributed by atoms with Crippen LogP contribution in [0.5, 0.6) is 0 Å². The Kier molecular flexibility index (Phi) is 6.93. The summed E-state index contributed by atoms with van der Waals surface area (Å²) in [4.78, 5) is 28.3. The monoisotopic (exact) mass is 583 g/mol. The number of oxazole rings is 1. The molecule has 3 fully saturated rings. The molecule has 3 saturated carbocycles. The average Bonchev–Trinajstić information content (AvgIpc) is 3.45. The standard InChI is InChI=1S/C25H21ClF3N3O6S/c26-17-2-1-12(22(33)32-15-9-18(27)21(29)19(28)10-15)5-20(17)39(36,37)16-7-13-6-14(8-16)25(13,35)11-31-23(34)24-30-3-4-38-24/h1-5,9-10,13-14,16,35H,6-8,11H2,(H,31,34)(H,32,33). The third-order valence-electron chi connectivity index (χ3n) is 7.42. The van der Waals surface area contributed by atoms with E-state index < -0.39 is 61.8 Å². The number of hydrogen-bond acceptors (Lipinski definition) is 7. The molecule has 1 aromatic heterocycles. The quantitative estimate of drug-likeness (QED) is 0.360. The smallest absolute Gasteiger partial charge is 0.307 e. The minimum atomic E-state index is -4.07. The molecule has 2 aromatic carbocycles. The molecule has 39 heavy (non-hydrogen) atoms. The van der Waals surface area contributed by atoms with E-state index in [9.17, 15) is 36.3 Å². The number of halogens is 4. The van der Waals surface area contributed by atoms with Gasteiger partial charge in [-0.1, -0.05) is 11.6 Å². The van der Waals surface area contributed by atoms with E-state index in [-0.39, 0.29) is 46.4 Å². The zero-order valence-corrected chi connectivity index (χ0v) is 21.5. The zero-order valence-electron chi connectivity index (χ0n) is 20.0. The maximum absolute atomic E-state index is 13.5. The number of nitrogens with zero attached hydrogens (tertiary/aromatic N) is 1. The number of aromatic nitrogens is 1. The summed E-state index contributed by atoms with van der Waals surface area (Å²) < 4.78 is 72.2. The van der Waals surface area contributed by atoms with Gasteiger partial charge in [-0.05, 0) is 49.3 Å². The molecule has 3 aliphatic rings. The Morgan fingerprint density at radius 1 is 1.08 bits per heavy atom. The van der Waals surface area contributed by atoms with Crippen molar-refractivity contribution < 1.29 is 40.7 Å². The number of amides is 2. The lowest BCUT2D eigenvalue weighted by atomic mass is 9.53. The van der Waals surface area contributed by atoms with E-state index in [2.05, 4.69) is 15.6 Å². The van der Waals surface area contributed by atoms with Crippen LogP contribution in [0.4, 0.5) is 18.9 Å². The van der Waals surface area contributed by atoms with Crippen molar-refractivity contribution in [3.63, 3.8) is 0 Å². The molecule has 2 amide bonds. The van der Waals surface area contributed by atoms with Crippen molar-refractivity contribution in [2.45, 2.75) is 35.0 Å². The Hall–Kier alpha value is -3.42. The number of carbonyl (C=O) groups is 2. The molecule has 2 bridgehead atoms. The number of benzene rings is 2. The zero-order chi connectivity index (χ0) is 28.1. The molecule has 14 heteroatoms. The molecule has 2 unspecified atom stereocenters. The SMILES string of the molecule is O=C(Nc1cc(F)c(F)c(F)c1)c1ccc(Cl)c(S(=O)(=O)C2CC3CC(C2)C3(O)CNC(=O)c2ncco2)c1. The van der Waals surface area contributed by atoms with Gasteiger partial charge >= 0.3 is 5.91 Å². The topological polar surface area (TPSA) is 139 Å². The summed E-state index contributed by atoms with van der Waals surface area (Å²) in [6, 6.07) is 4.69. The fourth-order valence-corrected chi connectivity index (χ4v) is 7.71. The Balaban J connectivity index is 1.30. The number of sulfone groups is 1. The fourth-order valence-electron chi connectivity index (χ4n) is 5.30. The average molecular weight is 584 g/mol. The van der Waals surface area contributed by atoms with E-state index in [1.165, 1.54) is 24.6 Å². The molecule has 2 atom stereocenters. The van der Waals surface area contributed by atoms with E-state index in [4.69, 9.17) is 16.0 Å². The summed E-state index contributed by atoms with van der Waals surface area (Å²) in [6.45, 7) is -0.0999. The van der Waals surface area contributed by atoms with Crippen molar-refractivity contribution in [1.82, 2.24) is 10.3 Å². The largest absolute Gasteiger partial charge is 0.441 e. The molecular weight excluding hydrogens is 563 g/mol. The lowest BCUT2D eigenvalue weighted by Crippen LogP contribution is -2.66. The summed E-state index contributed by atoms with van der Waals surface area (Å²) in [7, 11) is -4.07. The predicted molar refractivity (Wildman–Crippen MR) is 131 cm³/mol. The first-order valence-corrected chi connectivity index (χ1v) is 13.7. The van der Waals surface area contributed by atoms with E-state index >= 15 is 0 Å². The lowest BCUT2D eigenvalue weighted by molar-refractivity contribution is -0.171. The Bertz CT molecular complexity index is 1530. The highest BCUT2D eigenvalue weighted by Crippen LogP contribution is 2.55. The van der Waals surface area contributed by atoms with Gasteiger partial charge in [0.2, 0.25) is 0 Å². The van der Waals surface area contributed by atoms with Gasteiger partial charge in [0.15, 0.2) is 27.3 Å². The van der Waals surface area contributed by atoms with E-state index in [1.54, 1.807) is 0 Å². The lowest BCUT2D eigenvalue weighted by Gasteiger charge is -2.58. The van der Waals surface area contributed by atoms with Gasteiger partial charge in [0, 0.05) is 29.9 Å². The van der Waals surface area contributed by atoms with Gasteiger partial charge in [-0.3, -0.25) is 9.59 Å². The van der Waals surface area contributed by atoms with Gasteiger partial charge in [-0.15, -0.1) is 0 Å². The molecule has 9 nitrogen and oxygen atoms in total. The molecule has 6 rings (SSSR count). The van der Waals surface area contributed by atoms with Crippen LogP contribution in [0.3, 0.4) is 0 Å². The molecule has 3 aliphatic carbocycles. The summed E-state index contributed by atoms with van der Waals surface area (Å²) in [5.41, 5.74) is -1.81. The van der Waals surface area contributed by atoms with Crippen LogP contribution in [-0.2, 0) is 9.84 Å². The third kappa shape index (κ3) is 4.90. The fraction of sp³-hybridized carbons (Fsp3) is 0.320. The van der Waals surface area contributed by atoms with Crippen LogP contribution in [0, 0.1) is 29.3 Å². The second kappa shape index (κ2) is 9.96. The minimum absolute atomic E-state index is 0.0999. The second-order valence-corrected chi connectivity index (χ2v) is 12.2. The first-order chi connectivity index (χ1) is 18.4. The Morgan fingerprint density at radius 3 is 2.36 bits per heavy atom. The summed E-state index contributed by atoms with van der Waals surface area (Å²) in [5.74, 6) is -7.16. The normalized spacial score (nSPS) is 24.1. The van der Waals surface area contributed by atoms with Gasteiger partial charge in [0.1, 0.15) is 6.26 Å². The van der Waals surface area contributed by atoms with Crippen LogP contribution in [0.2, 0.25) is 5.02 Å². The number of carbonyl (C=O) groups excluding carboxylic acids is 2. The summed E-state index contributed by atoms with van der Waals surface area (Å²) >= 11 is 6.20. The minimum Gasteiger partial charge on any atom is -0.441 e. The van der Waals surface area contributed by atoms with Gasteiger partial charge in [-0.25, -0.2) is 26.6 Å². The van der Waals surface area contributed by atoms with Crippen LogP contribution in [0.1, 0.15) is 40.3 Å². The van der Waals surface area contributed by atoms with Crippen molar-refractivity contribution >= 4 is 38.9 Å². The number of aliphatic hydroxyl groups is 1. The molecule has 0 aliphatic heterocycles. The molecule has 0 saturated heterocycles. The summed E-state index contributed by atoms with van der Waals surface area (Å²) in [6.07, 6.45) is 3.33. The number of fused-ring (bicyclic) bond motifs is 2. The first kappa shape index (κ1) is 27.2. The van der Waals surface area contributed by atoms with Crippen molar-refractivity contribution in [1.29, 1.82) is 0 Å². The van der Waals surface area contributed by atoms with Gasteiger partial charge in [0.05, 0.1) is 27.0 Å². The van der Waals surface area contributed by atoms with Gasteiger partial charge in [-0.2, -0.15) is 0 Å². The van der Waals surface area contributed by atoms with Gasteiger partial charge in [0.25, 0.3) is 11.8 Å². The van der Waals surface area contributed by atoms with Crippen LogP contribution < -0.4 is 10.6 Å². The molecule has 0 radical (unpaired) electrons. The van der Waals surface area contributed by atoms with Crippen LogP contribution in [0.15, 0.2) is 52.1 Å². The maximum atomic E-state index is 13.5. The van der Waals surface area contributed by atoms with Gasteiger partial charge < -0.3 is 20.2 Å². The molecule has 206 valence electrons. The number of hydrogen-bond donors (Lipinski definition) is 3. The Labute approximate surface area is 225 Å². The van der Waals surface area contributed by atoms with Crippen LogP contribution in [-0.4, -0.2) is 47.7 Å². The van der Waals surface area contributed by atoms with Crippen molar-refractivity contribution in [2.75, 3.05) is 11.9 Å². The van der Waals surface area contributed by atoms with E-state index in [1.807, 2.05) is 0 Å². The van der Waals surface area contributed by atoms with Crippen LogP contribution >= 0.6 is 11.6 Å². The number of nitrogens with one attached hydrogen (secondary N) is 2. The number of rotatable bonds is 7. The highest BCUT2D eigenvalue weighted by Gasteiger charge is 2.60. The molecule has 3 aromatic rings. The first-order valence-electron chi connectivity index (χ1n) is 11.8. The Morgan fingerprint density at radius 2 is 1.74 bits per heavy atom. The highest BCUT2D eigenvalue weighted by molar-refractivity contribution is 7.92. The predicted octanol–water partition coefficient (Wildman–Crippen LogP) is 3.73. The van der Waals surface area contributed by atoms with Crippen molar-refractivity contribution in [3.8, 4) is 0 Å². The van der Waals surface area contributed by atoms with Crippen LogP contribution in [0.25, 0.3) is 0 Å². The maximum Gasteiger partial charge on any atom is 0.307 e. The summed E-state index contributed by atoms with van der Waals surface area (Å²) in [5, 5.41) is 14.9. The number of anilines is 1. The molecule has 3 N–H and O–H groups in total. The van der Waals surface area contributed by atoms with E-state index in [0.29, 0.717) is 18.6 Å². The molecule has 1 heterocycles. The van der Waals surface area contributed by atoms with Crippen molar-refractivity contribution in [2.24, 2.45) is 11.8 Å². The second-order valence-electron chi connectivity index (χ2n) is 9.63. The molecular formula is C25H21ClF3N3O6S.